The molecule has 0 aromatic heterocycles. The fourth-order valence-electron chi connectivity index (χ4n) is 1.72. The van der Waals surface area contributed by atoms with Crippen LogP contribution in [0.3, 0.4) is 0 Å². The number of urea groups is 1. The Morgan fingerprint density at radius 2 is 2.00 bits per heavy atom. The van der Waals surface area contributed by atoms with Crippen LogP contribution in [0.5, 0.6) is 5.75 Å². The van der Waals surface area contributed by atoms with Gasteiger partial charge in [-0.25, -0.2) is 4.79 Å². The van der Waals surface area contributed by atoms with Crippen LogP contribution in [0.25, 0.3) is 0 Å². The number of benzene rings is 1. The lowest BCUT2D eigenvalue weighted by Gasteiger charge is -2.19. The van der Waals surface area contributed by atoms with E-state index in [2.05, 4.69) is 16.0 Å². The predicted octanol–water partition coefficient (Wildman–Crippen LogP) is 1.22. The molecule has 1 aromatic rings. The van der Waals surface area contributed by atoms with E-state index >= 15 is 0 Å². The number of ether oxygens (including phenoxy) is 1. The second kappa shape index (κ2) is 5.43. The number of rotatable bonds is 3. The highest BCUT2D eigenvalue weighted by molar-refractivity contribution is 6.05. The van der Waals surface area contributed by atoms with Crippen LogP contribution in [-0.2, 0) is 4.79 Å². The van der Waals surface area contributed by atoms with Gasteiger partial charge in [0.1, 0.15) is 5.75 Å². The van der Waals surface area contributed by atoms with Gasteiger partial charge >= 0.3 is 6.03 Å². The lowest BCUT2D eigenvalue weighted by Crippen LogP contribution is -2.43. The maximum absolute atomic E-state index is 12.0. The highest BCUT2D eigenvalue weighted by Gasteiger charge is 2.19. The van der Waals surface area contributed by atoms with Crippen LogP contribution in [0.1, 0.15) is 6.92 Å². The van der Waals surface area contributed by atoms with E-state index in [9.17, 15) is 9.59 Å². The van der Waals surface area contributed by atoms with Gasteiger partial charge in [-0.15, -0.1) is 0 Å². The standard InChI is InChI=1S/C13H15N3O3/c1-8-11(7-14-13(18)15-8)12(17)16-9-3-5-10(19-2)6-4-9/h3-6H,7H2,1-2H3,(H,16,17)(H2,14,15,18). The van der Waals surface area contributed by atoms with E-state index in [1.807, 2.05) is 0 Å². The van der Waals surface area contributed by atoms with Crippen LogP contribution < -0.4 is 20.7 Å². The second-order valence-electron chi connectivity index (χ2n) is 4.09. The molecule has 19 heavy (non-hydrogen) atoms. The van der Waals surface area contributed by atoms with Crippen LogP contribution in [0.2, 0.25) is 0 Å². The molecule has 3 amide bonds. The molecule has 0 bridgehead atoms. The fourth-order valence-corrected chi connectivity index (χ4v) is 1.72. The second-order valence-corrected chi connectivity index (χ2v) is 4.09. The first-order valence-electron chi connectivity index (χ1n) is 5.80. The third kappa shape index (κ3) is 3.04. The summed E-state index contributed by atoms with van der Waals surface area (Å²) in [4.78, 5) is 23.1. The van der Waals surface area contributed by atoms with Crippen molar-refractivity contribution < 1.29 is 14.3 Å². The van der Waals surface area contributed by atoms with Crippen molar-refractivity contribution in [3.05, 3.63) is 35.5 Å². The first-order chi connectivity index (χ1) is 9.10. The first kappa shape index (κ1) is 12.9. The molecule has 0 saturated heterocycles. The van der Waals surface area contributed by atoms with Crippen molar-refractivity contribution in [1.29, 1.82) is 0 Å². The van der Waals surface area contributed by atoms with Crippen molar-refractivity contribution in [2.45, 2.75) is 6.92 Å². The number of hydrogen-bond acceptors (Lipinski definition) is 3. The molecule has 0 radical (unpaired) electrons. The van der Waals surface area contributed by atoms with Gasteiger partial charge in [0.25, 0.3) is 5.91 Å². The Morgan fingerprint density at radius 3 is 2.58 bits per heavy atom. The summed E-state index contributed by atoms with van der Waals surface area (Å²) in [6.07, 6.45) is 0. The summed E-state index contributed by atoms with van der Waals surface area (Å²) in [5.74, 6) is 0.482. The van der Waals surface area contributed by atoms with Gasteiger partial charge in [-0.3, -0.25) is 4.79 Å². The smallest absolute Gasteiger partial charge is 0.319 e. The molecular weight excluding hydrogens is 246 g/mol. The van der Waals surface area contributed by atoms with Crippen LogP contribution in [0, 0.1) is 0 Å². The van der Waals surface area contributed by atoms with E-state index in [0.29, 0.717) is 17.0 Å². The van der Waals surface area contributed by atoms with E-state index in [1.165, 1.54) is 0 Å². The Morgan fingerprint density at radius 1 is 1.32 bits per heavy atom. The molecule has 0 unspecified atom stereocenters. The lowest BCUT2D eigenvalue weighted by molar-refractivity contribution is -0.113. The highest BCUT2D eigenvalue weighted by Crippen LogP contribution is 2.16. The Hall–Kier alpha value is -2.50. The molecule has 1 aromatic carbocycles. The SMILES string of the molecule is COc1ccc(NC(=O)C2=C(C)NC(=O)NC2)cc1. The summed E-state index contributed by atoms with van der Waals surface area (Å²) < 4.78 is 5.04. The third-order valence-corrected chi connectivity index (χ3v) is 2.80. The van der Waals surface area contributed by atoms with Crippen molar-refractivity contribution >= 4 is 17.6 Å². The minimum Gasteiger partial charge on any atom is -0.497 e. The molecule has 6 nitrogen and oxygen atoms in total. The molecule has 0 atom stereocenters. The minimum absolute atomic E-state index is 0.222. The summed E-state index contributed by atoms with van der Waals surface area (Å²) >= 11 is 0. The first-order valence-corrected chi connectivity index (χ1v) is 5.80. The number of nitrogens with one attached hydrogen (secondary N) is 3. The van der Waals surface area contributed by atoms with Crippen molar-refractivity contribution in [3.8, 4) is 5.75 Å². The van der Waals surface area contributed by atoms with Gasteiger partial charge in [0.2, 0.25) is 0 Å². The van der Waals surface area contributed by atoms with Gasteiger partial charge in [-0.1, -0.05) is 0 Å². The number of allylic oxidation sites excluding steroid dienone is 1. The Balaban J connectivity index is 2.08. The van der Waals surface area contributed by atoms with Crippen molar-refractivity contribution in [1.82, 2.24) is 10.6 Å². The summed E-state index contributed by atoms with van der Waals surface area (Å²) in [5.41, 5.74) is 1.74. The fraction of sp³-hybridized carbons (Fsp3) is 0.231. The van der Waals surface area contributed by atoms with E-state index in [0.717, 1.165) is 5.75 Å². The van der Waals surface area contributed by atoms with Gasteiger partial charge in [0, 0.05) is 11.4 Å². The van der Waals surface area contributed by atoms with Crippen LogP contribution in [0.4, 0.5) is 10.5 Å². The van der Waals surface area contributed by atoms with E-state index < -0.39 is 0 Å². The maximum atomic E-state index is 12.0. The van der Waals surface area contributed by atoms with Gasteiger partial charge in [-0.2, -0.15) is 0 Å². The normalized spacial score (nSPS) is 14.5. The predicted molar refractivity (Wildman–Crippen MR) is 70.9 cm³/mol. The zero-order valence-corrected chi connectivity index (χ0v) is 10.7. The molecular formula is C13H15N3O3. The van der Waals surface area contributed by atoms with Crippen LogP contribution in [-0.4, -0.2) is 25.6 Å². The number of carbonyl (C=O) groups is 2. The van der Waals surface area contributed by atoms with Crippen molar-refractivity contribution in [2.75, 3.05) is 19.0 Å². The molecule has 2 rings (SSSR count). The van der Waals surface area contributed by atoms with Crippen molar-refractivity contribution in [2.24, 2.45) is 0 Å². The van der Waals surface area contributed by atoms with Crippen molar-refractivity contribution in [3.63, 3.8) is 0 Å². The Labute approximate surface area is 110 Å². The largest absolute Gasteiger partial charge is 0.497 e. The third-order valence-electron chi connectivity index (χ3n) is 2.80. The molecule has 0 fully saturated rings. The van der Waals surface area contributed by atoms with Crippen LogP contribution in [0.15, 0.2) is 35.5 Å². The van der Waals surface area contributed by atoms with E-state index in [1.54, 1.807) is 38.3 Å². The molecule has 100 valence electrons. The number of methoxy groups -OCH3 is 1. The average molecular weight is 261 g/mol. The zero-order chi connectivity index (χ0) is 13.8. The number of anilines is 1. The number of amides is 3. The molecule has 0 aliphatic carbocycles. The van der Waals surface area contributed by atoms with Gasteiger partial charge < -0.3 is 20.7 Å². The molecule has 6 heteroatoms. The molecule has 1 aliphatic heterocycles. The van der Waals surface area contributed by atoms with Crippen LogP contribution >= 0.6 is 0 Å². The Kier molecular flexibility index (Phi) is 3.70. The van der Waals surface area contributed by atoms with E-state index in [-0.39, 0.29) is 18.5 Å². The monoisotopic (exact) mass is 261 g/mol. The van der Waals surface area contributed by atoms with E-state index in [4.69, 9.17) is 4.74 Å². The maximum Gasteiger partial charge on any atom is 0.319 e. The number of hydrogen-bond donors (Lipinski definition) is 3. The summed E-state index contributed by atoms with van der Waals surface area (Å²) in [5, 5.41) is 7.89. The molecule has 1 aliphatic rings. The summed E-state index contributed by atoms with van der Waals surface area (Å²) in [6.45, 7) is 1.92. The number of carbonyl (C=O) groups excluding carboxylic acids is 2. The molecule has 0 saturated carbocycles. The Bertz CT molecular complexity index is 535. The zero-order valence-electron chi connectivity index (χ0n) is 10.7. The molecule has 3 N–H and O–H groups in total. The van der Waals surface area contributed by atoms with Gasteiger partial charge in [0.05, 0.1) is 19.2 Å². The highest BCUT2D eigenvalue weighted by atomic mass is 16.5. The quantitative estimate of drug-likeness (QED) is 0.765. The lowest BCUT2D eigenvalue weighted by atomic mass is 10.1. The molecule has 1 heterocycles. The van der Waals surface area contributed by atoms with Gasteiger partial charge in [-0.05, 0) is 31.2 Å². The average Bonchev–Trinajstić information content (AvgIpc) is 2.39. The topological polar surface area (TPSA) is 79.5 Å². The summed E-state index contributed by atoms with van der Waals surface area (Å²) in [7, 11) is 1.58. The minimum atomic E-state index is -0.293. The molecule has 0 spiro atoms. The summed E-state index contributed by atoms with van der Waals surface area (Å²) in [6, 6.07) is 6.73. The van der Waals surface area contributed by atoms with Gasteiger partial charge in [0.15, 0.2) is 0 Å².